The van der Waals surface area contributed by atoms with Crippen LogP contribution in [0.1, 0.15) is 111 Å². The summed E-state index contributed by atoms with van der Waals surface area (Å²) in [6, 6.07) is 6.33. The summed E-state index contributed by atoms with van der Waals surface area (Å²) in [5.74, 6) is 4.42. The topological polar surface area (TPSA) is 198 Å². The number of aliphatic hydroxyl groups excluding tert-OH is 1. The third-order valence-corrected chi connectivity index (χ3v) is 12.6. The summed E-state index contributed by atoms with van der Waals surface area (Å²) in [6.45, 7) is 15.6. The van der Waals surface area contributed by atoms with E-state index >= 15 is 0 Å². The Bertz CT molecular complexity index is 1480. The van der Waals surface area contributed by atoms with Crippen molar-refractivity contribution in [3.05, 3.63) is 35.4 Å². The Labute approximate surface area is 352 Å². The molecule has 14 nitrogen and oxygen atoms in total. The van der Waals surface area contributed by atoms with Crippen LogP contribution in [0, 0.1) is 17.8 Å². The van der Waals surface area contributed by atoms with Gasteiger partial charge in [0.15, 0.2) is 6.29 Å². The van der Waals surface area contributed by atoms with Crippen molar-refractivity contribution in [3.63, 3.8) is 0 Å². The van der Waals surface area contributed by atoms with Crippen molar-refractivity contribution < 1.29 is 43.5 Å². The van der Waals surface area contributed by atoms with Gasteiger partial charge in [0.05, 0.1) is 29.4 Å². The Morgan fingerprint density at radius 3 is 2.37 bits per heavy atom. The molecule has 0 saturated carbocycles. The quantitative estimate of drug-likeness (QED) is 0.0770. The van der Waals surface area contributed by atoms with Gasteiger partial charge in [-0.15, -0.1) is 0 Å². The lowest BCUT2D eigenvalue weighted by Crippen LogP contribution is -2.59. The van der Waals surface area contributed by atoms with E-state index in [-0.39, 0.29) is 24.0 Å². The molecule has 7 N–H and O–H groups in total. The molecular formula is C44H77FN6O8. The maximum absolute atomic E-state index is 14.3. The third-order valence-electron chi connectivity index (χ3n) is 12.6. The number of halogens is 1. The van der Waals surface area contributed by atoms with E-state index in [1.54, 1.807) is 13.8 Å². The summed E-state index contributed by atoms with van der Waals surface area (Å²) >= 11 is 0. The molecular weight excluding hydrogens is 760 g/mol. The molecule has 14 atom stereocenters. The Kier molecular flexibility index (Phi) is 19.8. The number of benzene rings is 1. The van der Waals surface area contributed by atoms with Crippen LogP contribution in [0.2, 0.25) is 0 Å². The van der Waals surface area contributed by atoms with E-state index in [2.05, 4.69) is 21.9 Å². The summed E-state index contributed by atoms with van der Waals surface area (Å²) in [7, 11) is 5.43. The molecule has 2 aliphatic rings. The number of hydrogen-bond donors (Lipinski definition) is 5. The number of ether oxygens (including phenoxy) is 4. The van der Waals surface area contributed by atoms with Crippen molar-refractivity contribution >= 4 is 17.9 Å². The molecule has 59 heavy (non-hydrogen) atoms. The van der Waals surface area contributed by atoms with E-state index in [1.807, 2.05) is 71.0 Å². The van der Waals surface area contributed by atoms with Gasteiger partial charge in [0.2, 0.25) is 0 Å². The number of likely N-dealkylation sites (N-methyl/N-ethyl adjacent to an activating group) is 1. The number of nitrogens with two attached hydrogens (primary N) is 2. The summed E-state index contributed by atoms with van der Waals surface area (Å²) < 4.78 is 39.0. The molecule has 1 aromatic carbocycles. The molecule has 0 amide bonds. The zero-order valence-corrected chi connectivity index (χ0v) is 37.6. The van der Waals surface area contributed by atoms with Crippen molar-refractivity contribution in [1.82, 2.24) is 9.80 Å². The zero-order chi connectivity index (χ0) is 44.2. The summed E-state index contributed by atoms with van der Waals surface area (Å²) in [5, 5.41) is 39.0. The Morgan fingerprint density at radius 1 is 1.14 bits per heavy atom. The van der Waals surface area contributed by atoms with E-state index in [1.165, 1.54) is 20.2 Å². The van der Waals surface area contributed by atoms with Gasteiger partial charge in [-0.3, -0.25) is 9.79 Å². The van der Waals surface area contributed by atoms with Gasteiger partial charge < -0.3 is 55.6 Å². The standard InChI is InChI=1S/C44H77FN6O8/c1-12-37-44(8,55)40(52)31(6)51(10)26-27(2)22-43(7,54)41(28(3)19-29(4)42(53)58-37)59-38-21-35(20-30(5)57-38)50(9)18-17-34(49-47)25-48-36(23-45)39(56-11)33-15-13-32(24-46)14-16-33/h13-16,25,27-31,35-41,52,54-55H,12,17-24,26,46-47H2,1-11H3/t27-,28+,29-,30-,31-,35+,36-,37-,38+,39?,40-,41-,43-,44-/m1/s1. The Hall–Kier alpha value is -2.60. The van der Waals surface area contributed by atoms with Crippen LogP contribution >= 0.6 is 0 Å². The second-order valence-corrected chi connectivity index (χ2v) is 18.0. The highest BCUT2D eigenvalue weighted by Crippen LogP contribution is 2.36. The zero-order valence-electron chi connectivity index (χ0n) is 37.6. The number of rotatable bonds is 14. The number of carbonyl (C=O) groups is 1. The van der Waals surface area contributed by atoms with Crippen LogP contribution in [0.5, 0.6) is 0 Å². The first kappa shape index (κ1) is 50.8. The van der Waals surface area contributed by atoms with E-state index in [4.69, 9.17) is 30.5 Å². The Balaban J connectivity index is 1.76. The minimum Gasteiger partial charge on any atom is -0.459 e. The molecule has 0 bridgehead atoms. The number of aliphatic imine (C=N–C) groups is 1. The first-order valence-corrected chi connectivity index (χ1v) is 21.4. The van der Waals surface area contributed by atoms with Gasteiger partial charge in [0.25, 0.3) is 0 Å². The van der Waals surface area contributed by atoms with Crippen LogP contribution in [0.15, 0.2) is 34.4 Å². The number of hydrogen-bond acceptors (Lipinski definition) is 14. The van der Waals surface area contributed by atoms with Crippen molar-refractivity contribution in [1.29, 1.82) is 0 Å². The van der Waals surface area contributed by atoms with Gasteiger partial charge in [-0.05, 0) is 90.4 Å². The number of hydrazone groups is 1. The molecule has 3 rings (SSSR count). The molecule has 2 saturated heterocycles. The number of carbonyl (C=O) groups excluding carboxylic acids is 1. The maximum atomic E-state index is 14.3. The Morgan fingerprint density at radius 2 is 1.80 bits per heavy atom. The molecule has 0 aliphatic carbocycles. The summed E-state index contributed by atoms with van der Waals surface area (Å²) in [5.41, 5.74) is 5.02. The van der Waals surface area contributed by atoms with Crippen molar-refractivity contribution in [3.8, 4) is 0 Å². The minimum atomic E-state index is -1.68. The highest BCUT2D eigenvalue weighted by Gasteiger charge is 2.47. The average Bonchev–Trinajstić information content (AvgIpc) is 3.19. The number of alkyl halides is 1. The SMILES string of the molecule is CC[C@H]1OC(=O)[C@H](C)C[C@H](C)[C@@H](O[C@H]2C[C@@H](N(C)CCC(C=N[C@H](CF)C(OC)c3ccc(CN)cc3)=NN)C[C@@H](C)O2)[C@](C)(O)C[C@@H](C)CN(C)[C@H](C)[C@@H](O)[C@]1(C)O. The van der Waals surface area contributed by atoms with Gasteiger partial charge in [-0.2, -0.15) is 5.10 Å². The minimum absolute atomic E-state index is 0.0224. The fraction of sp³-hybridized carbons (Fsp3) is 0.795. The first-order chi connectivity index (χ1) is 27.7. The van der Waals surface area contributed by atoms with Crippen LogP contribution in [0.3, 0.4) is 0 Å². The number of methoxy groups -OCH3 is 1. The predicted octanol–water partition coefficient (Wildman–Crippen LogP) is 4.36. The molecule has 338 valence electrons. The second-order valence-electron chi connectivity index (χ2n) is 18.0. The smallest absolute Gasteiger partial charge is 0.309 e. The first-order valence-electron chi connectivity index (χ1n) is 21.4. The lowest BCUT2D eigenvalue weighted by Gasteiger charge is -2.44. The predicted molar refractivity (Wildman–Crippen MR) is 230 cm³/mol. The molecule has 2 fully saturated rings. The van der Waals surface area contributed by atoms with Crippen LogP contribution in [0.4, 0.5) is 4.39 Å². The van der Waals surface area contributed by atoms with Crippen molar-refractivity contribution in [2.45, 2.75) is 167 Å². The van der Waals surface area contributed by atoms with Crippen LogP contribution in [0.25, 0.3) is 0 Å². The summed E-state index contributed by atoms with van der Waals surface area (Å²) in [4.78, 5) is 22.2. The van der Waals surface area contributed by atoms with Gasteiger partial charge in [-0.1, -0.05) is 52.0 Å². The van der Waals surface area contributed by atoms with Gasteiger partial charge in [-0.25, -0.2) is 4.39 Å². The van der Waals surface area contributed by atoms with Crippen molar-refractivity contribution in [2.24, 2.45) is 39.4 Å². The molecule has 2 heterocycles. The largest absolute Gasteiger partial charge is 0.459 e. The van der Waals surface area contributed by atoms with Crippen molar-refractivity contribution in [2.75, 3.05) is 41.0 Å². The number of aliphatic hydroxyl groups is 3. The van der Waals surface area contributed by atoms with E-state index in [0.29, 0.717) is 57.5 Å². The van der Waals surface area contributed by atoms with E-state index in [0.717, 1.165) is 17.5 Å². The monoisotopic (exact) mass is 837 g/mol. The highest BCUT2D eigenvalue weighted by atomic mass is 19.1. The van der Waals surface area contributed by atoms with Gasteiger partial charge >= 0.3 is 5.97 Å². The fourth-order valence-corrected chi connectivity index (χ4v) is 9.07. The molecule has 0 aromatic heterocycles. The summed E-state index contributed by atoms with van der Waals surface area (Å²) in [6.07, 6.45) is 0.148. The van der Waals surface area contributed by atoms with Crippen LogP contribution in [-0.4, -0.2) is 144 Å². The lowest BCUT2D eigenvalue weighted by atomic mass is 9.79. The van der Waals surface area contributed by atoms with E-state index in [9.17, 15) is 24.5 Å². The van der Waals surface area contributed by atoms with Gasteiger partial charge in [0.1, 0.15) is 36.6 Å². The molecule has 15 heteroatoms. The third kappa shape index (κ3) is 14.0. The molecule has 2 aliphatic heterocycles. The fourth-order valence-electron chi connectivity index (χ4n) is 9.07. The normalized spacial score (nSPS) is 36.2. The highest BCUT2D eigenvalue weighted by molar-refractivity contribution is 6.30. The van der Waals surface area contributed by atoms with E-state index < -0.39 is 72.6 Å². The second kappa shape index (κ2) is 23.0. The van der Waals surface area contributed by atoms with Gasteiger partial charge in [0, 0.05) is 57.9 Å². The van der Waals surface area contributed by atoms with Crippen LogP contribution in [-0.2, 0) is 30.3 Å². The molecule has 0 radical (unpaired) electrons. The maximum Gasteiger partial charge on any atom is 0.309 e. The number of esters is 1. The molecule has 1 aromatic rings. The van der Waals surface area contributed by atoms with Crippen LogP contribution < -0.4 is 11.6 Å². The average molecular weight is 837 g/mol. The lowest BCUT2D eigenvalue weighted by molar-refractivity contribution is -0.262. The number of cyclic esters (lactones) is 1. The molecule has 1 unspecified atom stereocenters. The molecule has 0 spiro atoms. The number of nitrogens with zero attached hydrogens (tertiary/aromatic N) is 4.